The lowest BCUT2D eigenvalue weighted by Crippen LogP contribution is -2.27. The van der Waals surface area contributed by atoms with Gasteiger partial charge in [-0.15, -0.1) is 0 Å². The first-order valence-electron chi connectivity index (χ1n) is 10.6. The summed E-state index contributed by atoms with van der Waals surface area (Å²) >= 11 is 0. The van der Waals surface area contributed by atoms with E-state index >= 15 is 0 Å². The summed E-state index contributed by atoms with van der Waals surface area (Å²) in [5.41, 5.74) is 2.60. The van der Waals surface area contributed by atoms with Gasteiger partial charge in [-0.05, 0) is 66.4 Å². The summed E-state index contributed by atoms with van der Waals surface area (Å²) in [7, 11) is -1.81. The zero-order valence-electron chi connectivity index (χ0n) is 18.0. The zero-order chi connectivity index (χ0) is 22.4. The molecule has 1 aliphatic rings. The molecule has 0 saturated carbocycles. The van der Waals surface area contributed by atoms with Crippen molar-refractivity contribution in [2.75, 3.05) is 20.2 Å². The predicted octanol–water partition coefficient (Wildman–Crippen LogP) is 4.81. The van der Waals surface area contributed by atoms with Gasteiger partial charge < -0.3 is 9.47 Å². The van der Waals surface area contributed by atoms with Gasteiger partial charge in [-0.3, -0.25) is 4.99 Å². The van der Waals surface area contributed by atoms with Crippen molar-refractivity contribution < 1.29 is 17.9 Å². The number of rotatable bonds is 8. The van der Waals surface area contributed by atoms with Crippen molar-refractivity contribution >= 4 is 21.9 Å². The lowest BCUT2D eigenvalue weighted by molar-refractivity contribution is 0.284. The Hall–Kier alpha value is -3.16. The average Bonchev–Trinajstić information content (AvgIpc) is 3.39. The van der Waals surface area contributed by atoms with Gasteiger partial charge in [0.15, 0.2) is 11.5 Å². The molecule has 0 radical (unpaired) electrons. The molecule has 0 N–H and O–H groups in total. The van der Waals surface area contributed by atoms with Crippen LogP contribution in [0, 0.1) is 0 Å². The molecule has 0 bridgehead atoms. The minimum Gasteiger partial charge on any atom is -0.493 e. The molecule has 1 fully saturated rings. The van der Waals surface area contributed by atoms with E-state index in [0.717, 1.165) is 24.0 Å². The van der Waals surface area contributed by atoms with Gasteiger partial charge in [0.25, 0.3) is 0 Å². The van der Waals surface area contributed by atoms with Crippen molar-refractivity contribution in [2.45, 2.75) is 24.3 Å². The van der Waals surface area contributed by atoms with Gasteiger partial charge in [0.05, 0.1) is 17.7 Å². The minimum atomic E-state index is -3.41. The van der Waals surface area contributed by atoms with Crippen molar-refractivity contribution in [1.29, 1.82) is 0 Å². The van der Waals surface area contributed by atoms with Crippen LogP contribution >= 0.6 is 0 Å². The van der Waals surface area contributed by atoms with Crippen LogP contribution in [0.2, 0.25) is 0 Å². The SMILES string of the molecule is COc1cc(C=Nc2ccc(S(=O)(=O)N3CCCC3)cc2)ccc1OCc1ccccc1. The highest BCUT2D eigenvalue weighted by molar-refractivity contribution is 7.89. The first-order valence-corrected chi connectivity index (χ1v) is 12.0. The molecule has 0 unspecified atom stereocenters. The number of hydrogen-bond acceptors (Lipinski definition) is 5. The minimum absolute atomic E-state index is 0.305. The standard InChI is InChI=1S/C25H26N2O4S/c1-30-25-17-21(9-14-24(25)31-19-20-7-3-2-4-8-20)18-26-22-10-12-23(13-11-22)32(28,29)27-15-5-6-16-27/h2-4,7-14,17-18H,5-6,15-16,19H2,1H3. The molecule has 6 nitrogen and oxygen atoms in total. The summed E-state index contributed by atoms with van der Waals surface area (Å²) in [6.45, 7) is 1.64. The number of aliphatic imine (C=N–C) groups is 1. The Labute approximate surface area is 189 Å². The van der Waals surface area contributed by atoms with Crippen molar-refractivity contribution in [3.05, 3.63) is 83.9 Å². The second-order valence-corrected chi connectivity index (χ2v) is 9.49. The molecule has 0 amide bonds. The first kappa shape index (κ1) is 22.0. The molecule has 7 heteroatoms. The highest BCUT2D eigenvalue weighted by atomic mass is 32.2. The molecule has 0 aromatic heterocycles. The van der Waals surface area contributed by atoms with Gasteiger partial charge in [0.2, 0.25) is 10.0 Å². The number of nitrogens with zero attached hydrogens (tertiary/aromatic N) is 2. The molecule has 166 valence electrons. The van der Waals surface area contributed by atoms with Crippen LogP contribution in [0.3, 0.4) is 0 Å². The molecule has 0 atom stereocenters. The molecule has 1 saturated heterocycles. The Kier molecular flexibility index (Phi) is 6.87. The molecular formula is C25H26N2O4S. The quantitative estimate of drug-likeness (QED) is 0.462. The first-order chi connectivity index (χ1) is 15.6. The summed E-state index contributed by atoms with van der Waals surface area (Å²) in [6, 6.07) is 22.2. The highest BCUT2D eigenvalue weighted by Crippen LogP contribution is 2.29. The van der Waals surface area contributed by atoms with Crippen LogP contribution in [-0.2, 0) is 16.6 Å². The second kappa shape index (κ2) is 9.97. The van der Waals surface area contributed by atoms with Crippen LogP contribution in [0.5, 0.6) is 11.5 Å². The van der Waals surface area contributed by atoms with E-state index in [4.69, 9.17) is 9.47 Å². The molecule has 4 rings (SSSR count). The number of ether oxygens (including phenoxy) is 2. The summed E-state index contributed by atoms with van der Waals surface area (Å²) in [5.74, 6) is 1.28. The molecular weight excluding hydrogens is 424 g/mol. The molecule has 0 aliphatic carbocycles. The Morgan fingerprint density at radius 3 is 2.34 bits per heavy atom. The Balaban J connectivity index is 1.43. The van der Waals surface area contributed by atoms with E-state index in [0.29, 0.717) is 41.8 Å². The molecule has 1 heterocycles. The van der Waals surface area contributed by atoms with E-state index in [-0.39, 0.29) is 0 Å². The van der Waals surface area contributed by atoms with Crippen LogP contribution in [-0.4, -0.2) is 39.1 Å². The third kappa shape index (κ3) is 5.18. The Morgan fingerprint density at radius 1 is 0.938 bits per heavy atom. The molecule has 3 aromatic carbocycles. The second-order valence-electron chi connectivity index (χ2n) is 7.55. The van der Waals surface area contributed by atoms with Crippen molar-refractivity contribution in [3.63, 3.8) is 0 Å². The van der Waals surface area contributed by atoms with E-state index in [1.807, 2.05) is 48.5 Å². The molecule has 0 spiro atoms. The van der Waals surface area contributed by atoms with E-state index in [9.17, 15) is 8.42 Å². The summed E-state index contributed by atoms with van der Waals surface area (Å²) < 4.78 is 38.2. The third-order valence-electron chi connectivity index (χ3n) is 5.33. The number of sulfonamides is 1. The van der Waals surface area contributed by atoms with Crippen LogP contribution in [0.4, 0.5) is 5.69 Å². The van der Waals surface area contributed by atoms with Crippen LogP contribution < -0.4 is 9.47 Å². The van der Waals surface area contributed by atoms with E-state index in [1.54, 1.807) is 41.9 Å². The summed E-state index contributed by atoms with van der Waals surface area (Å²) in [6.07, 6.45) is 3.55. The Bertz CT molecular complexity index is 1170. The van der Waals surface area contributed by atoms with Gasteiger partial charge in [0, 0.05) is 19.3 Å². The van der Waals surface area contributed by atoms with Gasteiger partial charge in [-0.1, -0.05) is 30.3 Å². The summed E-state index contributed by atoms with van der Waals surface area (Å²) in [4.78, 5) is 4.77. The fourth-order valence-corrected chi connectivity index (χ4v) is 5.07. The third-order valence-corrected chi connectivity index (χ3v) is 7.24. The van der Waals surface area contributed by atoms with Crippen LogP contribution in [0.25, 0.3) is 0 Å². The molecule has 3 aromatic rings. The highest BCUT2D eigenvalue weighted by Gasteiger charge is 2.26. The largest absolute Gasteiger partial charge is 0.493 e. The van der Waals surface area contributed by atoms with Crippen molar-refractivity contribution in [3.8, 4) is 11.5 Å². The number of benzene rings is 3. The smallest absolute Gasteiger partial charge is 0.243 e. The van der Waals surface area contributed by atoms with E-state index in [1.165, 1.54) is 0 Å². The van der Waals surface area contributed by atoms with Crippen LogP contribution in [0.1, 0.15) is 24.0 Å². The summed E-state index contributed by atoms with van der Waals surface area (Å²) in [5, 5.41) is 0. The van der Waals surface area contributed by atoms with E-state index < -0.39 is 10.0 Å². The topological polar surface area (TPSA) is 68.2 Å². The fourth-order valence-electron chi connectivity index (χ4n) is 3.55. The molecule has 32 heavy (non-hydrogen) atoms. The number of hydrogen-bond donors (Lipinski definition) is 0. The fraction of sp³-hybridized carbons (Fsp3) is 0.240. The van der Waals surface area contributed by atoms with Gasteiger partial charge >= 0.3 is 0 Å². The monoisotopic (exact) mass is 450 g/mol. The lowest BCUT2D eigenvalue weighted by atomic mass is 10.2. The van der Waals surface area contributed by atoms with E-state index in [2.05, 4.69) is 4.99 Å². The lowest BCUT2D eigenvalue weighted by Gasteiger charge is -2.15. The maximum atomic E-state index is 12.6. The van der Waals surface area contributed by atoms with Crippen molar-refractivity contribution in [1.82, 2.24) is 4.31 Å². The zero-order valence-corrected chi connectivity index (χ0v) is 18.8. The van der Waals surface area contributed by atoms with Gasteiger partial charge in [0.1, 0.15) is 6.61 Å². The predicted molar refractivity (Wildman–Crippen MR) is 125 cm³/mol. The van der Waals surface area contributed by atoms with Gasteiger partial charge in [-0.2, -0.15) is 4.31 Å². The molecule has 1 aliphatic heterocycles. The van der Waals surface area contributed by atoms with Gasteiger partial charge in [-0.25, -0.2) is 8.42 Å². The normalized spacial score (nSPS) is 14.7. The van der Waals surface area contributed by atoms with Crippen molar-refractivity contribution in [2.24, 2.45) is 4.99 Å². The Morgan fingerprint density at radius 2 is 1.66 bits per heavy atom. The van der Waals surface area contributed by atoms with Crippen LogP contribution in [0.15, 0.2) is 82.7 Å². The average molecular weight is 451 g/mol. The number of methoxy groups -OCH3 is 1. The maximum absolute atomic E-state index is 12.6. The maximum Gasteiger partial charge on any atom is 0.243 e.